The topological polar surface area (TPSA) is 40.5 Å². The first-order chi connectivity index (χ1) is 9.58. The van der Waals surface area contributed by atoms with Gasteiger partial charge in [0.2, 0.25) is 0 Å². The average Bonchev–Trinajstić information content (AvgIpc) is 2.69. The Morgan fingerprint density at radius 2 is 1.90 bits per heavy atom. The van der Waals surface area contributed by atoms with Crippen molar-refractivity contribution in [1.82, 2.24) is 4.90 Å². The summed E-state index contributed by atoms with van der Waals surface area (Å²) in [6.45, 7) is 2.92. The molecular formula is C17H25NO2. The normalized spacial score (nSPS) is 17.1. The summed E-state index contributed by atoms with van der Waals surface area (Å²) in [5.74, 6) is -0.850. The molecule has 0 radical (unpaired) electrons. The van der Waals surface area contributed by atoms with Crippen LogP contribution in [0.2, 0.25) is 0 Å². The van der Waals surface area contributed by atoms with E-state index in [-0.39, 0.29) is 0 Å². The highest BCUT2D eigenvalue weighted by molar-refractivity contribution is 5.87. The van der Waals surface area contributed by atoms with Gasteiger partial charge in [-0.2, -0.15) is 0 Å². The molecule has 2 rings (SSSR count). The molecule has 0 amide bonds. The molecule has 1 aliphatic rings. The van der Waals surface area contributed by atoms with E-state index in [9.17, 15) is 4.79 Å². The summed E-state index contributed by atoms with van der Waals surface area (Å²) >= 11 is 0. The Morgan fingerprint density at radius 3 is 2.45 bits per heavy atom. The molecule has 3 heteroatoms. The second-order valence-electron chi connectivity index (χ2n) is 6.01. The van der Waals surface area contributed by atoms with Gasteiger partial charge in [-0.3, -0.25) is 4.90 Å². The number of carbonyl (C=O) groups is 1. The van der Waals surface area contributed by atoms with Gasteiger partial charge in [0.25, 0.3) is 0 Å². The second-order valence-corrected chi connectivity index (χ2v) is 6.01. The Balaban J connectivity index is 2.03. The monoisotopic (exact) mass is 275 g/mol. The summed E-state index contributed by atoms with van der Waals surface area (Å²) < 4.78 is 0. The fraction of sp³-hybridized carbons (Fsp3) is 0.588. The van der Waals surface area contributed by atoms with Crippen molar-refractivity contribution in [2.45, 2.75) is 58.0 Å². The van der Waals surface area contributed by atoms with Gasteiger partial charge in [0, 0.05) is 12.6 Å². The van der Waals surface area contributed by atoms with E-state index in [2.05, 4.69) is 11.9 Å². The third-order valence-electron chi connectivity index (χ3n) is 4.46. The first kappa shape index (κ1) is 15.0. The van der Waals surface area contributed by atoms with Crippen LogP contribution in [0, 0.1) is 6.92 Å². The Morgan fingerprint density at radius 1 is 1.25 bits per heavy atom. The number of nitrogens with zero attached hydrogens (tertiary/aromatic N) is 1. The zero-order valence-electron chi connectivity index (χ0n) is 12.6. The zero-order valence-corrected chi connectivity index (χ0v) is 12.6. The van der Waals surface area contributed by atoms with Crippen LogP contribution in [0.1, 0.15) is 60.0 Å². The number of rotatable bonds is 4. The lowest BCUT2D eigenvalue weighted by Crippen LogP contribution is -2.31. The number of hydrogen-bond acceptors (Lipinski definition) is 2. The maximum atomic E-state index is 11.0. The summed E-state index contributed by atoms with van der Waals surface area (Å²) in [5.41, 5.74) is 2.69. The Hall–Kier alpha value is -1.35. The molecule has 0 spiro atoms. The van der Waals surface area contributed by atoms with Crippen LogP contribution in [-0.4, -0.2) is 29.1 Å². The minimum atomic E-state index is -0.850. The van der Waals surface area contributed by atoms with E-state index in [0.29, 0.717) is 11.6 Å². The van der Waals surface area contributed by atoms with Crippen molar-refractivity contribution in [2.75, 3.05) is 7.05 Å². The van der Waals surface area contributed by atoms with Gasteiger partial charge in [-0.15, -0.1) is 0 Å². The maximum absolute atomic E-state index is 11.0. The highest BCUT2D eigenvalue weighted by Crippen LogP contribution is 2.23. The van der Waals surface area contributed by atoms with Gasteiger partial charge in [-0.05, 0) is 50.1 Å². The minimum Gasteiger partial charge on any atom is -0.478 e. The van der Waals surface area contributed by atoms with Crippen LogP contribution in [0.25, 0.3) is 0 Å². The lowest BCUT2D eigenvalue weighted by Gasteiger charge is -2.27. The van der Waals surface area contributed by atoms with Crippen molar-refractivity contribution in [3.8, 4) is 0 Å². The molecule has 110 valence electrons. The van der Waals surface area contributed by atoms with E-state index in [4.69, 9.17) is 5.11 Å². The van der Waals surface area contributed by atoms with Gasteiger partial charge >= 0.3 is 5.97 Å². The van der Waals surface area contributed by atoms with Crippen LogP contribution in [0.4, 0.5) is 0 Å². The summed E-state index contributed by atoms with van der Waals surface area (Å²) in [6.07, 6.45) is 8.01. The SMILES string of the molecule is Cc1cc(C(=O)O)ccc1CN(C)C1CCCCCC1. The van der Waals surface area contributed by atoms with Crippen molar-refractivity contribution in [2.24, 2.45) is 0 Å². The molecule has 0 unspecified atom stereocenters. The number of carboxylic acids is 1. The highest BCUT2D eigenvalue weighted by atomic mass is 16.4. The molecule has 3 nitrogen and oxygen atoms in total. The molecule has 0 saturated heterocycles. The molecule has 1 aliphatic carbocycles. The molecule has 1 aromatic carbocycles. The molecule has 1 fully saturated rings. The van der Waals surface area contributed by atoms with E-state index in [1.54, 1.807) is 12.1 Å². The van der Waals surface area contributed by atoms with E-state index >= 15 is 0 Å². The first-order valence-corrected chi connectivity index (χ1v) is 7.61. The molecule has 20 heavy (non-hydrogen) atoms. The molecule has 0 aromatic heterocycles. The van der Waals surface area contributed by atoms with E-state index in [1.165, 1.54) is 44.1 Å². The Labute approximate surface area is 121 Å². The highest BCUT2D eigenvalue weighted by Gasteiger charge is 2.17. The van der Waals surface area contributed by atoms with E-state index < -0.39 is 5.97 Å². The summed E-state index contributed by atoms with van der Waals surface area (Å²) in [7, 11) is 2.19. The predicted molar refractivity (Wildman–Crippen MR) is 81.1 cm³/mol. The van der Waals surface area contributed by atoms with Crippen LogP contribution >= 0.6 is 0 Å². The standard InChI is InChI=1S/C17H25NO2/c1-13-11-14(17(19)20)9-10-15(13)12-18(2)16-7-5-3-4-6-8-16/h9-11,16H,3-8,12H2,1-2H3,(H,19,20). The zero-order chi connectivity index (χ0) is 14.5. The van der Waals surface area contributed by atoms with Crippen molar-refractivity contribution in [3.05, 3.63) is 34.9 Å². The number of aromatic carboxylic acids is 1. The first-order valence-electron chi connectivity index (χ1n) is 7.61. The molecule has 0 bridgehead atoms. The van der Waals surface area contributed by atoms with Crippen LogP contribution < -0.4 is 0 Å². The molecule has 0 atom stereocenters. The molecule has 0 heterocycles. The van der Waals surface area contributed by atoms with Crippen molar-refractivity contribution in [1.29, 1.82) is 0 Å². The van der Waals surface area contributed by atoms with Gasteiger partial charge in [0.15, 0.2) is 0 Å². The summed E-state index contributed by atoms with van der Waals surface area (Å²) in [5, 5.41) is 9.01. The van der Waals surface area contributed by atoms with Crippen LogP contribution in [0.3, 0.4) is 0 Å². The largest absolute Gasteiger partial charge is 0.478 e. The molecular weight excluding hydrogens is 250 g/mol. The van der Waals surface area contributed by atoms with Crippen LogP contribution in [0.5, 0.6) is 0 Å². The summed E-state index contributed by atoms with van der Waals surface area (Å²) in [6, 6.07) is 6.13. The van der Waals surface area contributed by atoms with Crippen molar-refractivity contribution >= 4 is 5.97 Å². The van der Waals surface area contributed by atoms with Gasteiger partial charge in [-0.1, -0.05) is 31.7 Å². The van der Waals surface area contributed by atoms with Gasteiger partial charge in [0.1, 0.15) is 0 Å². The lowest BCUT2D eigenvalue weighted by atomic mass is 10.0. The van der Waals surface area contributed by atoms with Crippen molar-refractivity contribution < 1.29 is 9.90 Å². The number of benzene rings is 1. The second kappa shape index (κ2) is 6.89. The smallest absolute Gasteiger partial charge is 0.335 e. The Bertz CT molecular complexity index is 462. The van der Waals surface area contributed by atoms with Gasteiger partial charge in [0.05, 0.1) is 5.56 Å². The fourth-order valence-electron chi connectivity index (χ4n) is 3.10. The fourth-order valence-corrected chi connectivity index (χ4v) is 3.10. The Kier molecular flexibility index (Phi) is 5.18. The summed E-state index contributed by atoms with van der Waals surface area (Å²) in [4.78, 5) is 13.4. The van der Waals surface area contributed by atoms with E-state index in [0.717, 1.165) is 12.1 Å². The maximum Gasteiger partial charge on any atom is 0.335 e. The number of hydrogen-bond donors (Lipinski definition) is 1. The molecule has 1 aromatic rings. The average molecular weight is 275 g/mol. The van der Waals surface area contributed by atoms with Crippen LogP contribution in [-0.2, 0) is 6.54 Å². The van der Waals surface area contributed by atoms with Gasteiger partial charge in [-0.25, -0.2) is 4.79 Å². The quantitative estimate of drug-likeness (QED) is 0.849. The molecule has 0 aliphatic heterocycles. The third-order valence-corrected chi connectivity index (χ3v) is 4.46. The number of carboxylic acid groups (broad SMARTS) is 1. The third kappa shape index (κ3) is 3.83. The molecule has 1 saturated carbocycles. The lowest BCUT2D eigenvalue weighted by molar-refractivity contribution is 0.0696. The van der Waals surface area contributed by atoms with Gasteiger partial charge < -0.3 is 5.11 Å². The van der Waals surface area contributed by atoms with Crippen molar-refractivity contribution in [3.63, 3.8) is 0 Å². The van der Waals surface area contributed by atoms with Crippen LogP contribution in [0.15, 0.2) is 18.2 Å². The number of aryl methyl sites for hydroxylation is 1. The minimum absolute atomic E-state index is 0.378. The van der Waals surface area contributed by atoms with E-state index in [1.807, 2.05) is 13.0 Å². The predicted octanol–water partition coefficient (Wildman–Crippen LogP) is 3.85. The molecule has 1 N–H and O–H groups in total.